The first-order valence-corrected chi connectivity index (χ1v) is 8.62. The van der Waals surface area contributed by atoms with E-state index in [9.17, 15) is 0 Å². The summed E-state index contributed by atoms with van der Waals surface area (Å²) in [5, 5.41) is 2.41. The second kappa shape index (κ2) is 6.96. The number of aromatic nitrogens is 2. The first-order valence-electron chi connectivity index (χ1n) is 8.62. The van der Waals surface area contributed by atoms with E-state index in [0.29, 0.717) is 28.2 Å². The molecule has 2 aromatic carbocycles. The van der Waals surface area contributed by atoms with Crippen LogP contribution in [-0.4, -0.2) is 23.0 Å². The number of allylic oxidation sites excluding steroid dienone is 3. The highest BCUT2D eigenvalue weighted by atomic mass is 16.7. The fraction of sp³-hybridized carbons (Fsp3) is 0.0476. The van der Waals surface area contributed by atoms with Gasteiger partial charge in [-0.05, 0) is 36.4 Å². The minimum absolute atomic E-state index is 0.152. The summed E-state index contributed by atoms with van der Waals surface area (Å²) in [5.74, 6) is 1.76. The van der Waals surface area contributed by atoms with Crippen LogP contribution >= 0.6 is 0 Å². The van der Waals surface area contributed by atoms with Gasteiger partial charge < -0.3 is 14.2 Å². The number of nitrogens with zero attached hydrogens (tertiary/aromatic N) is 4. The highest BCUT2D eigenvalue weighted by Crippen LogP contribution is 2.38. The molecular weight excluding hydrogens is 356 g/mol. The maximum absolute atomic E-state index is 5.74. The minimum Gasteiger partial charge on any atom is -0.473 e. The van der Waals surface area contributed by atoms with Gasteiger partial charge in [-0.15, -0.1) is 0 Å². The molecule has 0 saturated carbocycles. The van der Waals surface area contributed by atoms with Gasteiger partial charge in [0.05, 0.1) is 18.2 Å². The van der Waals surface area contributed by atoms with Gasteiger partial charge >= 0.3 is 0 Å². The Bertz CT molecular complexity index is 1230. The zero-order valence-electron chi connectivity index (χ0n) is 14.6. The summed E-state index contributed by atoms with van der Waals surface area (Å²) in [4.78, 5) is 17.7. The average molecular weight is 370 g/mol. The number of benzene rings is 2. The molecule has 3 heterocycles. The van der Waals surface area contributed by atoms with Crippen molar-refractivity contribution in [2.24, 2.45) is 9.98 Å². The van der Waals surface area contributed by atoms with Crippen LogP contribution < -0.4 is 14.8 Å². The molecule has 0 unspecified atom stereocenters. The van der Waals surface area contributed by atoms with Crippen LogP contribution in [0.2, 0.25) is 0 Å². The molecule has 0 fully saturated rings. The van der Waals surface area contributed by atoms with Gasteiger partial charge in [0.2, 0.25) is 6.79 Å². The predicted molar refractivity (Wildman–Crippen MR) is 105 cm³/mol. The Morgan fingerprint density at radius 3 is 2.93 bits per heavy atom. The molecule has 0 spiro atoms. The number of ether oxygens (including phenoxy) is 3. The lowest BCUT2D eigenvalue weighted by Crippen LogP contribution is -2.07. The van der Waals surface area contributed by atoms with Crippen molar-refractivity contribution in [2.75, 3.05) is 6.79 Å². The minimum atomic E-state index is 0.152. The molecule has 28 heavy (non-hydrogen) atoms. The second-order valence-electron chi connectivity index (χ2n) is 5.99. The maximum atomic E-state index is 5.74. The standard InChI is InChI=1S/C21H14N4O3/c1-2-7-23-17-5-4-14-10-16(17)18(20-19(14)27-13-28-20)25-21-15(11-22-12-24-21)6-9-26-8-3-1/h1-12H,13H2. The third kappa shape index (κ3) is 2.88. The summed E-state index contributed by atoms with van der Waals surface area (Å²) in [5.41, 5.74) is 1.48. The van der Waals surface area contributed by atoms with Gasteiger partial charge in [0.15, 0.2) is 17.3 Å². The first kappa shape index (κ1) is 16.2. The molecule has 7 heteroatoms. The third-order valence-electron chi connectivity index (χ3n) is 4.28. The highest BCUT2D eigenvalue weighted by molar-refractivity contribution is 5.90. The van der Waals surface area contributed by atoms with Crippen LogP contribution in [0.3, 0.4) is 0 Å². The van der Waals surface area contributed by atoms with E-state index in [-0.39, 0.29) is 6.79 Å². The molecule has 0 amide bonds. The van der Waals surface area contributed by atoms with Crippen LogP contribution in [0, 0.1) is 0 Å². The fourth-order valence-corrected chi connectivity index (χ4v) is 3.02. The Morgan fingerprint density at radius 1 is 0.964 bits per heavy atom. The summed E-state index contributed by atoms with van der Waals surface area (Å²) < 4.78 is 16.7. The average Bonchev–Trinajstić information content (AvgIpc) is 3.21. The molecule has 2 aliphatic rings. The molecule has 0 aliphatic carbocycles. The first-order chi connectivity index (χ1) is 13.9. The van der Waals surface area contributed by atoms with Crippen LogP contribution in [-0.2, 0) is 4.74 Å². The van der Waals surface area contributed by atoms with Gasteiger partial charge in [0.25, 0.3) is 0 Å². The molecule has 2 bridgehead atoms. The number of fused-ring (bicyclic) bond motifs is 5. The van der Waals surface area contributed by atoms with E-state index >= 15 is 0 Å². The topological polar surface area (TPSA) is 78.2 Å². The number of aliphatic imine (C=N–C) groups is 1. The van der Waals surface area contributed by atoms with E-state index in [0.717, 1.165) is 16.5 Å². The van der Waals surface area contributed by atoms with Crippen LogP contribution in [0.4, 0.5) is 11.5 Å². The number of hydrogen-bond acceptors (Lipinski definition) is 7. The van der Waals surface area contributed by atoms with Gasteiger partial charge in [-0.1, -0.05) is 6.08 Å². The van der Waals surface area contributed by atoms with Crippen LogP contribution in [0.1, 0.15) is 5.56 Å². The fourth-order valence-electron chi connectivity index (χ4n) is 3.02. The highest BCUT2D eigenvalue weighted by Gasteiger charge is 2.21. The molecule has 7 nitrogen and oxygen atoms in total. The molecule has 0 N–H and O–H groups in total. The predicted octanol–water partition coefficient (Wildman–Crippen LogP) is 3.80. The van der Waals surface area contributed by atoms with Crippen molar-refractivity contribution in [3.8, 4) is 11.5 Å². The Hall–Kier alpha value is -4.00. The smallest absolute Gasteiger partial charge is 0.231 e. The van der Waals surface area contributed by atoms with Crippen LogP contribution in [0.25, 0.3) is 16.8 Å². The molecule has 3 aromatic rings. The Morgan fingerprint density at radius 2 is 1.93 bits per heavy atom. The lowest BCUT2D eigenvalue weighted by Gasteiger charge is -2.07. The van der Waals surface area contributed by atoms with Gasteiger partial charge in [-0.2, -0.15) is 0 Å². The Balaban J connectivity index is 1.84. The lowest BCUT2D eigenvalue weighted by atomic mass is 10.1. The van der Waals surface area contributed by atoms with Gasteiger partial charge in [-0.3, -0.25) is 4.99 Å². The zero-order chi connectivity index (χ0) is 18.8. The maximum Gasteiger partial charge on any atom is 0.231 e. The third-order valence-corrected chi connectivity index (χ3v) is 4.28. The zero-order valence-corrected chi connectivity index (χ0v) is 14.6. The van der Waals surface area contributed by atoms with Crippen molar-refractivity contribution in [2.45, 2.75) is 0 Å². The molecular formula is C21H14N4O3. The summed E-state index contributed by atoms with van der Waals surface area (Å²) >= 11 is 0. The quantitative estimate of drug-likeness (QED) is 0.601. The molecule has 136 valence electrons. The Kier molecular flexibility index (Phi) is 4.02. The molecule has 0 saturated heterocycles. The van der Waals surface area contributed by atoms with Crippen molar-refractivity contribution >= 4 is 34.6 Å². The lowest BCUT2D eigenvalue weighted by molar-refractivity contribution is 0.174. The summed E-state index contributed by atoms with van der Waals surface area (Å²) in [6.07, 6.45) is 15.1. The van der Waals surface area contributed by atoms with Crippen molar-refractivity contribution in [1.82, 2.24) is 9.97 Å². The second-order valence-corrected chi connectivity index (χ2v) is 5.99. The van der Waals surface area contributed by atoms with E-state index in [2.05, 4.69) is 15.0 Å². The van der Waals surface area contributed by atoms with E-state index in [4.69, 9.17) is 19.2 Å². The number of rotatable bonds is 0. The SMILES string of the molecule is C1=CC=Nc2ccc3cc2c(c2c3OCO2)=Nc2ncncc2C=COC=C1. The van der Waals surface area contributed by atoms with Crippen molar-refractivity contribution in [3.05, 3.63) is 72.4 Å². The normalized spacial score (nSPS) is 14.9. The van der Waals surface area contributed by atoms with Gasteiger partial charge in [-0.25, -0.2) is 15.0 Å². The molecule has 0 atom stereocenters. The van der Waals surface area contributed by atoms with E-state index < -0.39 is 0 Å². The van der Waals surface area contributed by atoms with Crippen molar-refractivity contribution < 1.29 is 14.2 Å². The monoisotopic (exact) mass is 370 g/mol. The summed E-state index contributed by atoms with van der Waals surface area (Å²) in [6.45, 7) is 0.152. The molecule has 1 aromatic heterocycles. The molecule has 5 rings (SSSR count). The van der Waals surface area contributed by atoms with E-state index in [1.807, 2.05) is 30.4 Å². The van der Waals surface area contributed by atoms with Gasteiger partial charge in [0, 0.05) is 28.7 Å². The molecule has 0 radical (unpaired) electrons. The van der Waals surface area contributed by atoms with E-state index in [1.165, 1.54) is 6.33 Å². The Labute approximate surface area is 160 Å². The van der Waals surface area contributed by atoms with Crippen LogP contribution in [0.15, 0.2) is 71.5 Å². The van der Waals surface area contributed by atoms with Crippen molar-refractivity contribution in [3.63, 3.8) is 0 Å². The van der Waals surface area contributed by atoms with Crippen molar-refractivity contribution in [1.29, 1.82) is 0 Å². The van der Waals surface area contributed by atoms with Crippen LogP contribution in [0.5, 0.6) is 11.5 Å². The summed E-state index contributed by atoms with van der Waals surface area (Å²) in [6, 6.07) is 5.90. The van der Waals surface area contributed by atoms with E-state index in [1.54, 1.807) is 37.1 Å². The summed E-state index contributed by atoms with van der Waals surface area (Å²) in [7, 11) is 0. The van der Waals surface area contributed by atoms with Gasteiger partial charge in [0.1, 0.15) is 11.7 Å². The molecule has 2 aliphatic heterocycles. The largest absolute Gasteiger partial charge is 0.473 e. The number of hydrogen-bond donors (Lipinski definition) is 0.